The van der Waals surface area contributed by atoms with E-state index in [4.69, 9.17) is 0 Å². The molecule has 0 aliphatic heterocycles. The quantitative estimate of drug-likeness (QED) is 0.568. The Balaban J connectivity index is -0.00000000200. The molecule has 0 N–H and O–H groups in total. The summed E-state index contributed by atoms with van der Waals surface area (Å²) in [6.45, 7) is 0. The van der Waals surface area contributed by atoms with Gasteiger partial charge in [0.15, 0.2) is 0 Å². The third kappa shape index (κ3) is 51.8. The van der Waals surface area contributed by atoms with Crippen LogP contribution in [-0.2, 0) is 72.1 Å². The molecule has 0 aromatic heterocycles. The average molecular weight is 381 g/mol. The van der Waals surface area contributed by atoms with Crippen LogP contribution in [0.15, 0.2) is 0 Å². The molecule has 6 radical (unpaired) electrons. The van der Waals surface area contributed by atoms with Crippen molar-refractivity contribution in [3.05, 3.63) is 0 Å². The van der Waals surface area contributed by atoms with Crippen LogP contribution in [0.2, 0.25) is 0 Å². The summed E-state index contributed by atoms with van der Waals surface area (Å²) < 4.78 is 3.19. The van der Waals surface area contributed by atoms with E-state index < -0.39 is 0 Å². The first-order valence-corrected chi connectivity index (χ1v) is 0.926. The van der Waals surface area contributed by atoms with Gasteiger partial charge in [0.2, 0.25) is 0 Å². The number of rotatable bonds is 0. The van der Waals surface area contributed by atoms with Crippen LogP contribution < -0.4 is 0 Å². The van der Waals surface area contributed by atoms with Gasteiger partial charge in [-0.2, -0.15) is 3.84 Å². The molecule has 0 spiro atoms. The zero-order valence-electron chi connectivity index (χ0n) is 3.08. The predicted molar refractivity (Wildman–Crippen MR) is 18.5 cm³/mol. The monoisotopic (exact) mass is 378 g/mol. The van der Waals surface area contributed by atoms with E-state index >= 15 is 0 Å². The normalized spacial score (nSPS) is 2.25. The van der Waals surface area contributed by atoms with E-state index in [1.807, 2.05) is 0 Å². The topological polar surface area (TPSA) is 9.23 Å². The van der Waals surface area contributed by atoms with Crippen LogP contribution in [-0.4, -0.2) is 37.7 Å². The zero-order chi connectivity index (χ0) is 2.71. The van der Waals surface area contributed by atoms with Gasteiger partial charge < -0.3 is 0 Å². The fourth-order valence-corrected chi connectivity index (χ4v) is 0. The summed E-state index contributed by atoms with van der Waals surface area (Å²) in [6, 6.07) is 0. The Morgan fingerprint density at radius 1 is 0.750 bits per heavy atom. The van der Waals surface area contributed by atoms with Crippen molar-refractivity contribution in [2.24, 2.45) is 0 Å². The Hall–Kier alpha value is 3.88. The first kappa shape index (κ1) is 40.7. The van der Waals surface area contributed by atoms with Crippen LogP contribution in [0.1, 0.15) is 0 Å². The fraction of sp³-hybridized carbons (Fsp3) is 0. The summed E-state index contributed by atoms with van der Waals surface area (Å²) in [6.07, 6.45) is 0. The predicted octanol–water partition coefficient (Wildman–Crippen LogP) is 0.920. The minimum absolute atomic E-state index is 0. The van der Waals surface area contributed by atoms with Crippen molar-refractivity contribution in [3.8, 4) is 0 Å². The van der Waals surface area contributed by atoms with Crippen molar-refractivity contribution in [3.63, 3.8) is 0 Å². The van der Waals surface area contributed by atoms with Crippen molar-refractivity contribution in [1.29, 1.82) is 0 Å². The molecule has 8 heteroatoms. The standard InChI is InChI=1S/Ca.Cl2O.4Cu/c;1-3-2;;;;. The molecule has 0 aliphatic rings. The van der Waals surface area contributed by atoms with Crippen LogP contribution in [0.5, 0.6) is 0 Å². The van der Waals surface area contributed by atoms with Gasteiger partial charge in [-0.15, -0.1) is 0 Å². The van der Waals surface area contributed by atoms with Gasteiger partial charge in [0.05, 0.1) is 23.7 Å². The molecule has 0 bridgehead atoms. The van der Waals surface area contributed by atoms with Gasteiger partial charge in [0.25, 0.3) is 0 Å². The first-order valence-electron chi connectivity index (χ1n) is 0.309. The van der Waals surface area contributed by atoms with Crippen LogP contribution in [0.4, 0.5) is 0 Å². The van der Waals surface area contributed by atoms with E-state index in [0.717, 1.165) is 0 Å². The van der Waals surface area contributed by atoms with Crippen LogP contribution >= 0.6 is 23.7 Å². The Morgan fingerprint density at radius 2 is 0.750 bits per heavy atom. The third-order valence-electron chi connectivity index (χ3n) is 0. The van der Waals surface area contributed by atoms with E-state index in [9.17, 15) is 0 Å². The van der Waals surface area contributed by atoms with Crippen molar-refractivity contribution >= 4 is 61.5 Å². The second-order valence-electron chi connectivity index (χ2n) is 0.0583. The van der Waals surface area contributed by atoms with E-state index in [2.05, 4.69) is 27.6 Å². The summed E-state index contributed by atoms with van der Waals surface area (Å²) in [5.74, 6) is 0. The van der Waals surface area contributed by atoms with E-state index in [-0.39, 0.29) is 106 Å². The smallest absolute Gasteiger partial charge is 0.0832 e. The Bertz CT molecular complexity index is 14.0. The fourth-order valence-electron chi connectivity index (χ4n) is 0. The van der Waals surface area contributed by atoms with Crippen molar-refractivity contribution in [1.82, 2.24) is 0 Å². The van der Waals surface area contributed by atoms with Crippen LogP contribution in [0.25, 0.3) is 0 Å². The maximum Gasteiger partial charge on any atom is 0.0832 e. The minimum Gasteiger partial charge on any atom is -0.166 e. The first-order chi connectivity index (χ1) is 1.41. The molecule has 0 aromatic carbocycles. The second kappa shape index (κ2) is 44.6. The van der Waals surface area contributed by atoms with E-state index in [1.165, 1.54) is 0 Å². The molecule has 1 nitrogen and oxygen atoms in total. The van der Waals surface area contributed by atoms with Gasteiger partial charge in [-0.3, -0.25) is 0 Å². The largest absolute Gasteiger partial charge is 0.166 e. The third-order valence-corrected chi connectivity index (χ3v) is 0. The number of hydrogen-bond acceptors (Lipinski definition) is 1. The number of halogens is 2. The van der Waals surface area contributed by atoms with Gasteiger partial charge in [-0.25, -0.2) is 0 Å². The Morgan fingerprint density at radius 3 is 0.750 bits per heavy atom. The maximum absolute atomic E-state index is 4.26. The SMILES string of the molecule is ClOCl.[Ca].[Cu].[Cu].[Cu].[Cu]. The molecule has 0 saturated heterocycles. The molecule has 0 rings (SSSR count). The molecular formula is CaCl2Cu4O. The van der Waals surface area contributed by atoms with Crippen LogP contribution in [0.3, 0.4) is 0 Å². The molecule has 0 aromatic rings. The minimum atomic E-state index is 0. The summed E-state index contributed by atoms with van der Waals surface area (Å²) in [4.78, 5) is 0. The van der Waals surface area contributed by atoms with Gasteiger partial charge in [0.1, 0.15) is 0 Å². The van der Waals surface area contributed by atoms with Crippen molar-refractivity contribution in [2.45, 2.75) is 0 Å². The zero-order valence-corrected chi connectivity index (χ0v) is 10.6. The molecule has 0 fully saturated rings. The molecular weight excluding hydrogens is 381 g/mol. The summed E-state index contributed by atoms with van der Waals surface area (Å²) in [7, 11) is 0. The molecule has 66 valence electrons. The molecule has 0 heterocycles. The molecule has 0 unspecified atom stereocenters. The van der Waals surface area contributed by atoms with Gasteiger partial charge in [-0.1, -0.05) is 0 Å². The molecule has 8 heavy (non-hydrogen) atoms. The maximum atomic E-state index is 4.26. The van der Waals surface area contributed by atoms with Gasteiger partial charge in [-0.05, 0) is 0 Å². The van der Waals surface area contributed by atoms with Crippen LogP contribution in [0, 0.1) is 0 Å². The number of hydrogen-bond donors (Lipinski definition) is 0. The van der Waals surface area contributed by atoms with Gasteiger partial charge in [0, 0.05) is 106 Å². The van der Waals surface area contributed by atoms with Crippen molar-refractivity contribution < 1.29 is 72.1 Å². The summed E-state index contributed by atoms with van der Waals surface area (Å²) in [5, 5.41) is 0. The Kier molecular flexibility index (Phi) is 227. The Labute approximate surface area is 131 Å². The van der Waals surface area contributed by atoms with E-state index in [0.29, 0.717) is 0 Å². The second-order valence-corrected chi connectivity index (χ2v) is 0.525. The summed E-state index contributed by atoms with van der Waals surface area (Å²) >= 11 is 8.53. The van der Waals surface area contributed by atoms with Crippen molar-refractivity contribution in [2.75, 3.05) is 0 Å². The molecule has 0 amide bonds. The van der Waals surface area contributed by atoms with E-state index in [1.54, 1.807) is 0 Å². The average Bonchev–Trinajstić information content (AvgIpc) is 0.918. The molecule has 0 atom stereocenters. The van der Waals surface area contributed by atoms with Gasteiger partial charge >= 0.3 is 0 Å². The molecule has 0 aliphatic carbocycles. The molecule has 0 saturated carbocycles. The summed E-state index contributed by atoms with van der Waals surface area (Å²) in [5.41, 5.74) is 0.